The quantitative estimate of drug-likeness (QED) is 0.668. The van der Waals surface area contributed by atoms with Gasteiger partial charge < -0.3 is 15.7 Å². The molecule has 0 aromatic heterocycles. The first-order valence-electron chi connectivity index (χ1n) is 5.16. The van der Waals surface area contributed by atoms with Crippen LogP contribution in [0.3, 0.4) is 0 Å². The number of hydrogen-bond donors (Lipinski definition) is 2. The molecule has 0 aromatic carbocycles. The van der Waals surface area contributed by atoms with Gasteiger partial charge in [0, 0.05) is 12.6 Å². The number of nitrogens with two attached hydrogens (primary N) is 1. The summed E-state index contributed by atoms with van der Waals surface area (Å²) in [7, 11) is 0. The Morgan fingerprint density at radius 2 is 1.93 bits per heavy atom. The van der Waals surface area contributed by atoms with Crippen LogP contribution in [0.5, 0.6) is 0 Å². The zero-order valence-electron chi connectivity index (χ0n) is 9.56. The minimum atomic E-state index is -0.992. The van der Waals surface area contributed by atoms with Gasteiger partial charge in [-0.2, -0.15) is 0 Å². The molecule has 0 aromatic rings. The van der Waals surface area contributed by atoms with Gasteiger partial charge in [-0.15, -0.1) is 0 Å². The van der Waals surface area contributed by atoms with Crippen LogP contribution in [0.4, 0.5) is 0 Å². The Kier molecular flexibility index (Phi) is 5.93. The van der Waals surface area contributed by atoms with Crippen molar-refractivity contribution >= 4 is 11.9 Å². The monoisotopic (exact) mass is 216 g/mol. The van der Waals surface area contributed by atoms with Gasteiger partial charge in [0.15, 0.2) is 0 Å². The van der Waals surface area contributed by atoms with Crippen LogP contribution in [0.25, 0.3) is 0 Å². The lowest BCUT2D eigenvalue weighted by molar-refractivity contribution is -0.146. The average molecular weight is 216 g/mol. The summed E-state index contributed by atoms with van der Waals surface area (Å²) in [4.78, 5) is 23.7. The third-order valence-corrected chi connectivity index (χ3v) is 2.31. The molecule has 15 heavy (non-hydrogen) atoms. The van der Waals surface area contributed by atoms with Crippen LogP contribution < -0.4 is 5.73 Å². The molecule has 3 N–H and O–H groups in total. The maximum absolute atomic E-state index is 11.8. The first-order valence-corrected chi connectivity index (χ1v) is 5.16. The van der Waals surface area contributed by atoms with Crippen molar-refractivity contribution in [3.63, 3.8) is 0 Å². The largest absolute Gasteiger partial charge is 0.480 e. The van der Waals surface area contributed by atoms with Gasteiger partial charge in [-0.3, -0.25) is 9.59 Å². The van der Waals surface area contributed by atoms with E-state index in [1.54, 1.807) is 13.8 Å². The molecular weight excluding hydrogens is 196 g/mol. The summed E-state index contributed by atoms with van der Waals surface area (Å²) in [5.41, 5.74) is 5.61. The second kappa shape index (κ2) is 6.40. The first kappa shape index (κ1) is 13.9. The van der Waals surface area contributed by atoms with Crippen molar-refractivity contribution < 1.29 is 14.7 Å². The summed E-state index contributed by atoms with van der Waals surface area (Å²) in [6, 6.07) is -0.259. The molecule has 0 spiro atoms. The molecule has 0 heterocycles. The van der Waals surface area contributed by atoms with Crippen LogP contribution in [-0.2, 0) is 9.59 Å². The average Bonchev–Trinajstić information content (AvgIpc) is 2.14. The lowest BCUT2D eigenvalue weighted by Gasteiger charge is -2.25. The van der Waals surface area contributed by atoms with E-state index in [9.17, 15) is 9.59 Å². The highest BCUT2D eigenvalue weighted by atomic mass is 16.4. The van der Waals surface area contributed by atoms with E-state index in [1.807, 2.05) is 6.92 Å². The molecule has 2 unspecified atom stereocenters. The molecule has 0 aliphatic carbocycles. The van der Waals surface area contributed by atoms with E-state index in [0.29, 0.717) is 6.54 Å². The van der Waals surface area contributed by atoms with Crippen molar-refractivity contribution in [2.24, 2.45) is 11.7 Å². The Morgan fingerprint density at radius 3 is 2.27 bits per heavy atom. The van der Waals surface area contributed by atoms with E-state index in [0.717, 1.165) is 6.42 Å². The van der Waals surface area contributed by atoms with E-state index in [2.05, 4.69) is 0 Å². The molecule has 0 aliphatic rings. The van der Waals surface area contributed by atoms with E-state index >= 15 is 0 Å². The Morgan fingerprint density at radius 1 is 1.40 bits per heavy atom. The van der Waals surface area contributed by atoms with Crippen LogP contribution in [-0.4, -0.2) is 41.0 Å². The third-order valence-electron chi connectivity index (χ3n) is 2.31. The molecule has 1 amide bonds. The molecule has 5 nitrogen and oxygen atoms in total. The number of carboxylic acids is 1. The normalized spacial score (nSPS) is 14.4. The smallest absolute Gasteiger partial charge is 0.323 e. The molecule has 0 saturated heterocycles. The van der Waals surface area contributed by atoms with Gasteiger partial charge in [0.05, 0.1) is 5.92 Å². The molecule has 0 bridgehead atoms. The first-order chi connectivity index (χ1) is 6.90. The lowest BCUT2D eigenvalue weighted by Crippen LogP contribution is -2.44. The van der Waals surface area contributed by atoms with E-state index in [1.165, 1.54) is 4.90 Å². The molecule has 0 fully saturated rings. The second-order valence-corrected chi connectivity index (χ2v) is 3.80. The summed E-state index contributed by atoms with van der Waals surface area (Å²) >= 11 is 0. The van der Waals surface area contributed by atoms with E-state index in [-0.39, 0.29) is 24.4 Å². The van der Waals surface area contributed by atoms with Crippen LogP contribution >= 0.6 is 0 Å². The molecule has 0 saturated carbocycles. The Labute approximate surface area is 90.2 Å². The maximum Gasteiger partial charge on any atom is 0.323 e. The SMILES string of the molecule is CCCN(CC(=O)O)C(=O)C(C)C(C)N. The number of nitrogens with zero attached hydrogens (tertiary/aromatic N) is 1. The van der Waals surface area contributed by atoms with Crippen LogP contribution in [0.2, 0.25) is 0 Å². The Balaban J connectivity index is 4.47. The molecule has 88 valence electrons. The molecule has 5 heteroatoms. The van der Waals surface area contributed by atoms with Crippen molar-refractivity contribution in [2.45, 2.75) is 33.2 Å². The van der Waals surface area contributed by atoms with Crippen molar-refractivity contribution in [3.05, 3.63) is 0 Å². The maximum atomic E-state index is 11.8. The van der Waals surface area contributed by atoms with Crippen LogP contribution in [0.1, 0.15) is 27.2 Å². The van der Waals surface area contributed by atoms with Gasteiger partial charge in [0.1, 0.15) is 6.54 Å². The number of aliphatic carboxylic acids is 1. The zero-order valence-corrected chi connectivity index (χ0v) is 9.56. The molecule has 0 aliphatic heterocycles. The van der Waals surface area contributed by atoms with Gasteiger partial charge in [0.25, 0.3) is 0 Å². The van der Waals surface area contributed by atoms with Crippen molar-refractivity contribution in [2.75, 3.05) is 13.1 Å². The van der Waals surface area contributed by atoms with Gasteiger partial charge >= 0.3 is 5.97 Å². The highest BCUT2D eigenvalue weighted by Gasteiger charge is 2.24. The Hall–Kier alpha value is -1.10. The van der Waals surface area contributed by atoms with Crippen molar-refractivity contribution in [1.82, 2.24) is 4.90 Å². The van der Waals surface area contributed by atoms with Crippen LogP contribution in [0, 0.1) is 5.92 Å². The minimum Gasteiger partial charge on any atom is -0.480 e. The number of amides is 1. The second-order valence-electron chi connectivity index (χ2n) is 3.80. The molecule has 0 rings (SSSR count). The van der Waals surface area contributed by atoms with E-state index in [4.69, 9.17) is 10.8 Å². The summed E-state index contributed by atoms with van der Waals surface area (Å²) in [5, 5.41) is 8.65. The molecule has 2 atom stereocenters. The topological polar surface area (TPSA) is 83.6 Å². The molecule has 0 radical (unpaired) electrons. The predicted octanol–water partition coefficient (Wildman–Crippen LogP) is 0.293. The van der Waals surface area contributed by atoms with Crippen LogP contribution in [0.15, 0.2) is 0 Å². The van der Waals surface area contributed by atoms with Gasteiger partial charge in [-0.25, -0.2) is 0 Å². The summed E-state index contributed by atoms with van der Waals surface area (Å²) < 4.78 is 0. The van der Waals surface area contributed by atoms with Gasteiger partial charge in [0.2, 0.25) is 5.91 Å². The number of carbonyl (C=O) groups excluding carboxylic acids is 1. The number of carbonyl (C=O) groups is 2. The molecular formula is C10H20N2O3. The van der Waals surface area contributed by atoms with Crippen molar-refractivity contribution in [3.8, 4) is 0 Å². The summed E-state index contributed by atoms with van der Waals surface area (Å²) in [6.07, 6.45) is 0.741. The highest BCUT2D eigenvalue weighted by Crippen LogP contribution is 2.06. The number of rotatable bonds is 6. The lowest BCUT2D eigenvalue weighted by atomic mass is 10.0. The van der Waals surface area contributed by atoms with Gasteiger partial charge in [-0.05, 0) is 13.3 Å². The fraction of sp³-hybridized carbons (Fsp3) is 0.800. The van der Waals surface area contributed by atoms with Crippen molar-refractivity contribution in [1.29, 1.82) is 0 Å². The standard InChI is InChI=1S/C10H20N2O3/c1-4-5-12(6-9(13)14)10(15)7(2)8(3)11/h7-8H,4-6,11H2,1-3H3,(H,13,14). The highest BCUT2D eigenvalue weighted by molar-refractivity contribution is 5.83. The van der Waals surface area contributed by atoms with E-state index < -0.39 is 5.97 Å². The zero-order chi connectivity index (χ0) is 12.0. The summed E-state index contributed by atoms with van der Waals surface area (Å²) in [6.45, 7) is 5.58. The fourth-order valence-corrected chi connectivity index (χ4v) is 1.21. The minimum absolute atomic E-state index is 0.186. The number of carboxylic acid groups (broad SMARTS) is 1. The number of hydrogen-bond acceptors (Lipinski definition) is 3. The van der Waals surface area contributed by atoms with Gasteiger partial charge in [-0.1, -0.05) is 13.8 Å². The summed E-state index contributed by atoms with van der Waals surface area (Å²) in [5.74, 6) is -1.51. The third kappa shape index (κ3) is 4.78. The predicted molar refractivity (Wildman–Crippen MR) is 57.3 cm³/mol. The Bertz CT molecular complexity index is 229. The fourth-order valence-electron chi connectivity index (χ4n) is 1.21.